The summed E-state index contributed by atoms with van der Waals surface area (Å²) in [5, 5.41) is 0. The van der Waals surface area contributed by atoms with Crippen molar-refractivity contribution in [2.75, 3.05) is 13.4 Å². The maximum absolute atomic E-state index is 12.9. The molecule has 0 unspecified atom stereocenters. The van der Waals surface area contributed by atoms with E-state index in [4.69, 9.17) is 4.18 Å². The van der Waals surface area contributed by atoms with Gasteiger partial charge in [0.1, 0.15) is 5.82 Å². The molecule has 0 saturated carbocycles. The molecule has 0 aromatic carbocycles. The van der Waals surface area contributed by atoms with Gasteiger partial charge in [0.15, 0.2) is 5.69 Å². The van der Waals surface area contributed by atoms with Crippen LogP contribution in [0, 0.1) is 0 Å². The number of esters is 1. The number of hydrogen-bond acceptors (Lipinski definition) is 7. The van der Waals surface area contributed by atoms with Crippen LogP contribution in [0.25, 0.3) is 0 Å². The Hall–Kier alpha value is -1.90. The highest BCUT2D eigenvalue weighted by atomic mass is 32.2. The second-order valence-corrected chi connectivity index (χ2v) is 7.56. The molecule has 134 valence electrons. The third-order valence-corrected chi connectivity index (χ3v) is 4.66. The van der Waals surface area contributed by atoms with Crippen molar-refractivity contribution in [3.05, 3.63) is 21.9 Å². The molecule has 2 heterocycles. The van der Waals surface area contributed by atoms with E-state index >= 15 is 0 Å². The average Bonchev–Trinajstić information content (AvgIpc) is 2.66. The molecule has 0 amide bonds. The lowest BCUT2D eigenvalue weighted by Gasteiger charge is -2.21. The van der Waals surface area contributed by atoms with E-state index in [1.165, 1.54) is 4.57 Å². The summed E-state index contributed by atoms with van der Waals surface area (Å²) < 4.78 is 33.9. The average molecular weight is 358 g/mol. The van der Waals surface area contributed by atoms with Crippen LogP contribution in [0.3, 0.4) is 0 Å². The Kier molecular flexibility index (Phi) is 5.32. The van der Waals surface area contributed by atoms with Crippen molar-refractivity contribution >= 4 is 16.1 Å². The number of ether oxygens (including phenoxy) is 1. The Labute approximate surface area is 140 Å². The smallest absolute Gasteiger partial charge is 0.360 e. The number of hydrogen-bond donors (Lipinski definition) is 0. The monoisotopic (exact) mass is 358 g/mol. The summed E-state index contributed by atoms with van der Waals surface area (Å²) in [7, 11) is -2.86. The number of aromatic nitrogens is 2. The van der Waals surface area contributed by atoms with Crippen molar-refractivity contribution in [1.29, 1.82) is 0 Å². The van der Waals surface area contributed by atoms with Gasteiger partial charge in [-0.3, -0.25) is 9.36 Å². The van der Waals surface area contributed by atoms with Crippen molar-refractivity contribution in [1.82, 2.24) is 9.55 Å². The molecule has 2 rings (SSSR count). The lowest BCUT2D eigenvalue weighted by molar-refractivity contribution is 0.0590. The zero-order valence-electron chi connectivity index (χ0n) is 14.2. The van der Waals surface area contributed by atoms with E-state index in [-0.39, 0.29) is 12.0 Å². The quantitative estimate of drug-likeness (QED) is 0.595. The van der Waals surface area contributed by atoms with Crippen molar-refractivity contribution in [2.24, 2.45) is 0 Å². The maximum Gasteiger partial charge on any atom is 0.360 e. The minimum absolute atomic E-state index is 0.0124. The predicted molar refractivity (Wildman–Crippen MR) is 86.9 cm³/mol. The zero-order chi connectivity index (χ0) is 18.1. The summed E-state index contributed by atoms with van der Waals surface area (Å²) in [5.41, 5.74) is -1.06. The normalized spacial score (nSPS) is 20.8. The first kappa shape index (κ1) is 18.4. The molecular weight excluding hydrogens is 336 g/mol. The van der Waals surface area contributed by atoms with Gasteiger partial charge in [0.25, 0.3) is 5.56 Å². The van der Waals surface area contributed by atoms with Crippen LogP contribution in [0.2, 0.25) is 0 Å². The van der Waals surface area contributed by atoms with E-state index in [9.17, 15) is 18.0 Å². The van der Waals surface area contributed by atoms with E-state index < -0.39 is 33.1 Å². The van der Waals surface area contributed by atoms with Gasteiger partial charge in [-0.05, 0) is 26.2 Å². The van der Waals surface area contributed by atoms with E-state index in [0.29, 0.717) is 5.82 Å². The molecule has 0 saturated heterocycles. The van der Waals surface area contributed by atoms with E-state index in [1.807, 2.05) is 13.8 Å². The highest BCUT2D eigenvalue weighted by Crippen LogP contribution is 2.32. The molecule has 9 heteroatoms. The molecule has 0 fully saturated rings. The number of carbonyl (C=O) groups excluding carboxylic acids is 1. The van der Waals surface area contributed by atoms with Crippen molar-refractivity contribution in [2.45, 2.75) is 51.5 Å². The number of carbonyl (C=O) groups is 1. The van der Waals surface area contributed by atoms with Crippen LogP contribution in [0.4, 0.5) is 0 Å². The van der Waals surface area contributed by atoms with Crippen LogP contribution in [0.15, 0.2) is 4.79 Å². The zero-order valence-corrected chi connectivity index (χ0v) is 15.1. The number of fused-ring (bicyclic) bond motifs is 1. The Morgan fingerprint density at radius 3 is 2.58 bits per heavy atom. The molecule has 0 bridgehead atoms. The molecule has 1 aromatic heterocycles. The molecule has 0 N–H and O–H groups in total. The number of methoxy groups -OCH3 is 1. The van der Waals surface area contributed by atoms with E-state index in [0.717, 1.165) is 39.0 Å². The highest BCUT2D eigenvalue weighted by molar-refractivity contribution is 7.86. The van der Waals surface area contributed by atoms with Gasteiger partial charge in [-0.2, -0.15) is 8.42 Å². The summed E-state index contributed by atoms with van der Waals surface area (Å²) in [4.78, 5) is 29.2. The van der Waals surface area contributed by atoms with Gasteiger partial charge in [-0.1, -0.05) is 13.3 Å². The first-order valence-electron chi connectivity index (χ1n) is 7.83. The van der Waals surface area contributed by atoms with Gasteiger partial charge in [0.2, 0.25) is 5.75 Å². The van der Waals surface area contributed by atoms with Gasteiger partial charge < -0.3 is 8.92 Å². The van der Waals surface area contributed by atoms with Crippen LogP contribution in [0.1, 0.15) is 67.8 Å². The molecule has 0 aliphatic carbocycles. The first-order valence-corrected chi connectivity index (χ1v) is 9.65. The van der Waals surface area contributed by atoms with Crippen LogP contribution in [-0.2, 0) is 14.9 Å². The molecule has 0 radical (unpaired) electrons. The largest absolute Gasteiger partial charge is 0.464 e. The van der Waals surface area contributed by atoms with Crippen molar-refractivity contribution in [3.8, 4) is 5.75 Å². The molecule has 2 atom stereocenters. The molecule has 1 aliphatic heterocycles. The Morgan fingerprint density at radius 1 is 1.38 bits per heavy atom. The summed E-state index contributed by atoms with van der Waals surface area (Å²) in [6, 6.07) is -0.162. The number of rotatable bonds is 4. The van der Waals surface area contributed by atoms with Gasteiger partial charge >= 0.3 is 16.1 Å². The fraction of sp³-hybridized carbons (Fsp3) is 0.667. The number of nitrogens with zero attached hydrogens (tertiary/aromatic N) is 2. The highest BCUT2D eigenvalue weighted by Gasteiger charge is 2.31. The minimum Gasteiger partial charge on any atom is -0.464 e. The van der Waals surface area contributed by atoms with Gasteiger partial charge in [-0.25, -0.2) is 9.78 Å². The van der Waals surface area contributed by atoms with E-state index in [1.54, 1.807) is 0 Å². The molecule has 24 heavy (non-hydrogen) atoms. The lowest BCUT2D eigenvalue weighted by atomic mass is 9.99. The minimum atomic E-state index is -4.00. The molecule has 0 spiro atoms. The molecule has 1 aromatic rings. The summed E-state index contributed by atoms with van der Waals surface area (Å²) in [5.74, 6) is -1.01. The topological polar surface area (TPSA) is 105 Å². The van der Waals surface area contributed by atoms with Gasteiger partial charge in [0.05, 0.1) is 13.4 Å². The van der Waals surface area contributed by atoms with Crippen molar-refractivity contribution < 1.29 is 22.1 Å². The third kappa shape index (κ3) is 3.61. The summed E-state index contributed by atoms with van der Waals surface area (Å²) in [6.07, 6.45) is 4.09. The van der Waals surface area contributed by atoms with Crippen LogP contribution in [0.5, 0.6) is 5.75 Å². The van der Waals surface area contributed by atoms with Crippen molar-refractivity contribution in [3.63, 3.8) is 0 Å². The standard InChI is InChI=1S/C15H22N2O6S/c1-5-10-8-6-7-9(2)17-13(10)16-11(15(19)22-3)12(14(17)18)23-24(4,20)21/h9-10H,5-8H2,1-4H3/t9-,10-/m1/s1. The second kappa shape index (κ2) is 6.92. The van der Waals surface area contributed by atoms with Crippen LogP contribution >= 0.6 is 0 Å². The third-order valence-electron chi connectivity index (χ3n) is 4.19. The Balaban J connectivity index is 2.81. The SMILES string of the molecule is CC[C@@H]1CCC[C@@H](C)n2c1nc(C(=O)OC)c(OS(C)(=O)=O)c2=O. The lowest BCUT2D eigenvalue weighted by Crippen LogP contribution is -2.32. The summed E-state index contributed by atoms with van der Waals surface area (Å²) in [6.45, 7) is 3.85. The predicted octanol–water partition coefficient (Wildman–Crippen LogP) is 1.61. The molecule has 1 aliphatic rings. The summed E-state index contributed by atoms with van der Waals surface area (Å²) >= 11 is 0. The fourth-order valence-corrected chi connectivity index (χ4v) is 3.47. The van der Waals surface area contributed by atoms with E-state index in [2.05, 4.69) is 9.72 Å². The molecule has 8 nitrogen and oxygen atoms in total. The second-order valence-electron chi connectivity index (χ2n) is 5.99. The van der Waals surface area contributed by atoms with Gasteiger partial charge in [-0.15, -0.1) is 0 Å². The Morgan fingerprint density at radius 2 is 2.04 bits per heavy atom. The first-order chi connectivity index (χ1) is 11.2. The van der Waals surface area contributed by atoms with Gasteiger partial charge in [0, 0.05) is 12.0 Å². The fourth-order valence-electron chi connectivity index (χ4n) is 3.01. The van der Waals surface area contributed by atoms with Crippen LogP contribution < -0.4 is 9.74 Å². The maximum atomic E-state index is 12.9. The van der Waals surface area contributed by atoms with Crippen LogP contribution in [-0.4, -0.2) is 37.3 Å². The molecular formula is C15H22N2O6S. The Bertz CT molecular complexity index is 799.